The fraction of sp³-hybridized carbons (Fsp3) is 1.00. The SMILES string of the molecule is CC(C)(C)CC(CN)CN1CCC(C(F)(F)F)CC1. The molecule has 5 heteroatoms. The molecule has 1 heterocycles. The lowest BCUT2D eigenvalue weighted by molar-refractivity contribution is -0.185. The summed E-state index contributed by atoms with van der Waals surface area (Å²) in [5.74, 6) is -0.731. The highest BCUT2D eigenvalue weighted by molar-refractivity contribution is 4.80. The molecule has 0 aromatic carbocycles. The van der Waals surface area contributed by atoms with Crippen LogP contribution in [0.1, 0.15) is 40.0 Å². The van der Waals surface area contributed by atoms with Gasteiger partial charge in [0.1, 0.15) is 0 Å². The topological polar surface area (TPSA) is 29.3 Å². The van der Waals surface area contributed by atoms with Gasteiger partial charge in [0.15, 0.2) is 0 Å². The van der Waals surface area contributed by atoms with Gasteiger partial charge in [-0.2, -0.15) is 13.2 Å². The minimum absolute atomic E-state index is 0.217. The van der Waals surface area contributed by atoms with Gasteiger partial charge >= 0.3 is 6.18 Å². The predicted molar refractivity (Wildman–Crippen MR) is 71.8 cm³/mol. The molecule has 0 spiro atoms. The lowest BCUT2D eigenvalue weighted by atomic mass is 9.84. The van der Waals surface area contributed by atoms with Crippen LogP contribution in [0.4, 0.5) is 13.2 Å². The Morgan fingerprint density at radius 2 is 1.68 bits per heavy atom. The molecule has 2 nitrogen and oxygen atoms in total. The van der Waals surface area contributed by atoms with Gasteiger partial charge in [-0.15, -0.1) is 0 Å². The second kappa shape index (κ2) is 6.44. The molecule has 1 rings (SSSR count). The van der Waals surface area contributed by atoms with Crippen LogP contribution in [0.5, 0.6) is 0 Å². The maximum atomic E-state index is 12.6. The van der Waals surface area contributed by atoms with Crippen molar-refractivity contribution in [2.75, 3.05) is 26.2 Å². The first kappa shape index (κ1) is 16.8. The van der Waals surface area contributed by atoms with E-state index in [0.717, 1.165) is 13.0 Å². The summed E-state index contributed by atoms with van der Waals surface area (Å²) in [7, 11) is 0. The predicted octanol–water partition coefficient (Wildman–Crippen LogP) is 3.27. The van der Waals surface area contributed by atoms with Gasteiger partial charge in [-0.1, -0.05) is 20.8 Å². The number of hydrogen-bond acceptors (Lipinski definition) is 2. The number of piperidine rings is 1. The number of nitrogens with zero attached hydrogens (tertiary/aromatic N) is 1. The molecule has 114 valence electrons. The van der Waals surface area contributed by atoms with Crippen LogP contribution in [0.25, 0.3) is 0 Å². The van der Waals surface area contributed by atoms with Crippen LogP contribution in [-0.4, -0.2) is 37.3 Å². The molecule has 1 fully saturated rings. The molecule has 1 unspecified atom stereocenters. The van der Waals surface area contributed by atoms with Gasteiger partial charge in [-0.25, -0.2) is 0 Å². The van der Waals surface area contributed by atoms with E-state index in [9.17, 15) is 13.2 Å². The largest absolute Gasteiger partial charge is 0.391 e. The summed E-state index contributed by atoms with van der Waals surface area (Å²) in [6.07, 6.45) is -2.54. The van der Waals surface area contributed by atoms with E-state index in [1.165, 1.54) is 0 Å². The molecule has 0 saturated carbocycles. The Morgan fingerprint density at radius 3 is 2.05 bits per heavy atom. The molecule has 0 aromatic heterocycles. The van der Waals surface area contributed by atoms with Crippen molar-refractivity contribution < 1.29 is 13.2 Å². The van der Waals surface area contributed by atoms with E-state index in [2.05, 4.69) is 25.7 Å². The van der Waals surface area contributed by atoms with Gasteiger partial charge in [0.2, 0.25) is 0 Å². The fourth-order valence-corrected chi connectivity index (χ4v) is 2.90. The summed E-state index contributed by atoms with van der Waals surface area (Å²) in [5, 5.41) is 0. The van der Waals surface area contributed by atoms with Gasteiger partial charge < -0.3 is 10.6 Å². The first-order valence-corrected chi connectivity index (χ1v) is 7.11. The highest BCUT2D eigenvalue weighted by Gasteiger charge is 2.41. The minimum atomic E-state index is -4.02. The standard InChI is InChI=1S/C14H27F3N2/c1-13(2,3)8-11(9-18)10-19-6-4-12(5-7-19)14(15,16)17/h11-12H,4-10,18H2,1-3H3. The van der Waals surface area contributed by atoms with Crippen molar-refractivity contribution in [1.82, 2.24) is 4.90 Å². The molecule has 1 atom stereocenters. The van der Waals surface area contributed by atoms with Crippen LogP contribution in [0.2, 0.25) is 0 Å². The normalized spacial score (nSPS) is 21.6. The Balaban J connectivity index is 2.39. The van der Waals surface area contributed by atoms with Crippen LogP contribution in [-0.2, 0) is 0 Å². The first-order valence-electron chi connectivity index (χ1n) is 7.11. The molecular weight excluding hydrogens is 253 g/mol. The van der Waals surface area contributed by atoms with Gasteiger partial charge in [0.25, 0.3) is 0 Å². The van der Waals surface area contributed by atoms with Crippen LogP contribution < -0.4 is 5.73 Å². The zero-order chi connectivity index (χ0) is 14.7. The van der Waals surface area contributed by atoms with E-state index >= 15 is 0 Å². The summed E-state index contributed by atoms with van der Waals surface area (Å²) in [6, 6.07) is 0. The highest BCUT2D eigenvalue weighted by Crippen LogP contribution is 2.34. The smallest absolute Gasteiger partial charge is 0.330 e. The van der Waals surface area contributed by atoms with Crippen LogP contribution in [0, 0.1) is 17.3 Å². The third kappa shape index (κ3) is 6.13. The molecule has 0 aromatic rings. The van der Waals surface area contributed by atoms with Gasteiger partial charge in [0, 0.05) is 6.54 Å². The molecule has 1 aliphatic heterocycles. The van der Waals surface area contributed by atoms with Crippen molar-refractivity contribution in [3.63, 3.8) is 0 Å². The summed E-state index contributed by atoms with van der Waals surface area (Å²) >= 11 is 0. The lowest BCUT2D eigenvalue weighted by Crippen LogP contribution is -2.42. The van der Waals surface area contributed by atoms with Gasteiger partial charge in [-0.05, 0) is 50.2 Å². The van der Waals surface area contributed by atoms with Crippen molar-refractivity contribution in [3.8, 4) is 0 Å². The van der Waals surface area contributed by atoms with Crippen LogP contribution in [0.15, 0.2) is 0 Å². The highest BCUT2D eigenvalue weighted by atomic mass is 19.4. The van der Waals surface area contributed by atoms with Crippen LogP contribution in [0.3, 0.4) is 0 Å². The molecule has 1 saturated heterocycles. The van der Waals surface area contributed by atoms with Crippen molar-refractivity contribution >= 4 is 0 Å². The molecule has 19 heavy (non-hydrogen) atoms. The first-order chi connectivity index (χ1) is 8.62. The van der Waals surface area contributed by atoms with Crippen LogP contribution >= 0.6 is 0 Å². The van der Waals surface area contributed by atoms with E-state index < -0.39 is 12.1 Å². The molecule has 2 N–H and O–H groups in total. The molecule has 0 aliphatic carbocycles. The summed E-state index contributed by atoms with van der Waals surface area (Å²) in [4.78, 5) is 2.14. The molecule has 0 bridgehead atoms. The van der Waals surface area contributed by atoms with Gasteiger partial charge in [0.05, 0.1) is 5.92 Å². The number of nitrogens with two attached hydrogens (primary N) is 1. The number of halogens is 3. The Bertz CT molecular complexity index is 263. The minimum Gasteiger partial charge on any atom is -0.330 e. The monoisotopic (exact) mass is 280 g/mol. The van der Waals surface area contributed by atoms with E-state index in [1.807, 2.05) is 0 Å². The van der Waals surface area contributed by atoms with Crippen molar-refractivity contribution in [2.45, 2.75) is 46.2 Å². The second-order valence-electron chi connectivity index (χ2n) is 6.98. The Morgan fingerprint density at radius 1 is 1.16 bits per heavy atom. The quantitative estimate of drug-likeness (QED) is 0.856. The lowest BCUT2D eigenvalue weighted by Gasteiger charge is -2.36. The number of likely N-dealkylation sites (tertiary alicyclic amines) is 1. The molecule has 0 amide bonds. The molecular formula is C14H27F3N2. The maximum Gasteiger partial charge on any atom is 0.391 e. The summed E-state index contributed by atoms with van der Waals surface area (Å²) in [5.41, 5.74) is 6.00. The third-order valence-electron chi connectivity index (χ3n) is 3.80. The van der Waals surface area contributed by atoms with Gasteiger partial charge in [-0.3, -0.25) is 0 Å². The van der Waals surface area contributed by atoms with E-state index in [0.29, 0.717) is 25.6 Å². The van der Waals surface area contributed by atoms with E-state index in [4.69, 9.17) is 5.73 Å². The van der Waals surface area contributed by atoms with Crippen molar-refractivity contribution in [1.29, 1.82) is 0 Å². The number of rotatable bonds is 4. The Kier molecular flexibility index (Phi) is 5.68. The average Bonchev–Trinajstić information content (AvgIpc) is 2.26. The molecule has 0 radical (unpaired) electrons. The number of hydrogen-bond donors (Lipinski definition) is 1. The second-order valence-corrected chi connectivity index (χ2v) is 6.98. The molecule has 1 aliphatic rings. The summed E-state index contributed by atoms with van der Waals surface area (Å²) in [6.45, 7) is 9.05. The summed E-state index contributed by atoms with van der Waals surface area (Å²) < 4.78 is 37.7. The zero-order valence-corrected chi connectivity index (χ0v) is 12.3. The van der Waals surface area contributed by atoms with Crippen molar-refractivity contribution in [2.24, 2.45) is 23.0 Å². The third-order valence-corrected chi connectivity index (χ3v) is 3.80. The Hall–Kier alpha value is -0.290. The van der Waals surface area contributed by atoms with E-state index in [-0.39, 0.29) is 18.3 Å². The zero-order valence-electron chi connectivity index (χ0n) is 12.3. The van der Waals surface area contributed by atoms with Crippen molar-refractivity contribution in [3.05, 3.63) is 0 Å². The van der Waals surface area contributed by atoms with E-state index in [1.54, 1.807) is 0 Å². The number of alkyl halides is 3. The Labute approximate surface area is 114 Å². The average molecular weight is 280 g/mol. The fourth-order valence-electron chi connectivity index (χ4n) is 2.90. The maximum absolute atomic E-state index is 12.6.